The van der Waals surface area contributed by atoms with Crippen LogP contribution in [0, 0.1) is 0 Å². The average molecular weight is 427 g/mol. The van der Waals surface area contributed by atoms with Gasteiger partial charge in [-0.05, 0) is 66.0 Å². The first-order chi connectivity index (χ1) is 7.56. The van der Waals surface area contributed by atoms with Gasteiger partial charge in [-0.3, -0.25) is 0 Å². The standard InChI is InChI=1S/C10H4Br3ClN2/c11-6-3-5(1-2-7(6)14)10-15-8(12)4-9(13)16-10/h1-4H. The monoisotopic (exact) mass is 424 g/mol. The molecule has 2 rings (SSSR count). The van der Waals surface area contributed by atoms with Gasteiger partial charge in [-0.2, -0.15) is 0 Å². The molecule has 82 valence electrons. The van der Waals surface area contributed by atoms with E-state index in [9.17, 15) is 0 Å². The molecule has 2 aromatic rings. The van der Waals surface area contributed by atoms with Crippen molar-refractivity contribution in [1.82, 2.24) is 9.97 Å². The second kappa shape index (κ2) is 5.12. The summed E-state index contributed by atoms with van der Waals surface area (Å²) in [5.41, 5.74) is 0.901. The molecule has 0 fully saturated rings. The Morgan fingerprint density at radius 1 is 0.938 bits per heavy atom. The van der Waals surface area contributed by atoms with Gasteiger partial charge >= 0.3 is 0 Å². The van der Waals surface area contributed by atoms with Crippen LogP contribution < -0.4 is 0 Å². The lowest BCUT2D eigenvalue weighted by Gasteiger charge is -2.03. The van der Waals surface area contributed by atoms with Gasteiger partial charge in [-0.25, -0.2) is 9.97 Å². The molecule has 0 atom stereocenters. The van der Waals surface area contributed by atoms with E-state index in [1.165, 1.54) is 0 Å². The molecule has 0 aliphatic rings. The zero-order valence-corrected chi connectivity index (χ0v) is 13.2. The van der Waals surface area contributed by atoms with Crippen LogP contribution in [0.1, 0.15) is 0 Å². The summed E-state index contributed by atoms with van der Waals surface area (Å²) < 4.78 is 2.29. The lowest BCUT2D eigenvalue weighted by Crippen LogP contribution is -1.90. The van der Waals surface area contributed by atoms with E-state index in [0.29, 0.717) is 10.8 Å². The Morgan fingerprint density at radius 2 is 1.56 bits per heavy atom. The predicted octanol–water partition coefficient (Wildman–Crippen LogP) is 5.08. The van der Waals surface area contributed by atoms with Crippen molar-refractivity contribution in [3.05, 3.63) is 43.0 Å². The maximum atomic E-state index is 5.92. The van der Waals surface area contributed by atoms with Crippen molar-refractivity contribution in [2.24, 2.45) is 0 Å². The average Bonchev–Trinajstić information content (AvgIpc) is 2.20. The Hall–Kier alpha value is 0.0300. The third-order valence-corrected chi connectivity index (χ3v) is 3.87. The summed E-state index contributed by atoms with van der Waals surface area (Å²) in [6, 6.07) is 7.35. The van der Waals surface area contributed by atoms with E-state index < -0.39 is 0 Å². The van der Waals surface area contributed by atoms with E-state index >= 15 is 0 Å². The van der Waals surface area contributed by atoms with Gasteiger partial charge in [0.15, 0.2) is 5.82 Å². The number of halogens is 4. The molecule has 0 amide bonds. The smallest absolute Gasteiger partial charge is 0.161 e. The minimum absolute atomic E-state index is 0.638. The van der Waals surface area contributed by atoms with E-state index in [0.717, 1.165) is 19.2 Å². The molecule has 0 radical (unpaired) electrons. The molecule has 0 aliphatic carbocycles. The van der Waals surface area contributed by atoms with Gasteiger partial charge in [0.1, 0.15) is 9.21 Å². The van der Waals surface area contributed by atoms with E-state index in [-0.39, 0.29) is 0 Å². The summed E-state index contributed by atoms with van der Waals surface area (Å²) in [4.78, 5) is 8.57. The van der Waals surface area contributed by atoms with Crippen molar-refractivity contribution in [3.8, 4) is 11.4 Å². The zero-order valence-electron chi connectivity index (χ0n) is 7.72. The molecule has 1 aromatic heterocycles. The number of nitrogens with zero attached hydrogens (tertiary/aromatic N) is 2. The van der Waals surface area contributed by atoms with Crippen LogP contribution in [0.2, 0.25) is 5.02 Å². The van der Waals surface area contributed by atoms with Crippen molar-refractivity contribution in [3.63, 3.8) is 0 Å². The highest BCUT2D eigenvalue weighted by atomic mass is 79.9. The summed E-state index contributed by atoms with van der Waals surface area (Å²) in [5.74, 6) is 0.638. The zero-order chi connectivity index (χ0) is 11.7. The minimum atomic E-state index is 0.638. The Bertz CT molecular complexity index is 525. The molecule has 0 saturated carbocycles. The minimum Gasteiger partial charge on any atom is -0.221 e. The first-order valence-corrected chi connectivity index (χ1v) is 6.97. The molecule has 0 N–H and O–H groups in total. The van der Waals surface area contributed by atoms with Crippen LogP contribution in [-0.4, -0.2) is 9.97 Å². The maximum Gasteiger partial charge on any atom is 0.161 e. The molecule has 0 bridgehead atoms. The van der Waals surface area contributed by atoms with Gasteiger partial charge in [-0.15, -0.1) is 0 Å². The van der Waals surface area contributed by atoms with Gasteiger partial charge in [0.25, 0.3) is 0 Å². The lowest BCUT2D eigenvalue weighted by molar-refractivity contribution is 1.12. The van der Waals surface area contributed by atoms with E-state index in [2.05, 4.69) is 57.8 Å². The number of hydrogen-bond donors (Lipinski definition) is 0. The summed E-state index contributed by atoms with van der Waals surface area (Å²) >= 11 is 15.9. The molecule has 6 heteroatoms. The second-order valence-corrected chi connectivity index (χ2v) is 5.85. The van der Waals surface area contributed by atoms with E-state index in [1.807, 2.05) is 12.1 Å². The quantitative estimate of drug-likeness (QED) is 0.593. The highest BCUT2D eigenvalue weighted by Gasteiger charge is 2.06. The fraction of sp³-hybridized carbons (Fsp3) is 0. The van der Waals surface area contributed by atoms with Crippen LogP contribution in [0.3, 0.4) is 0 Å². The summed E-state index contributed by atoms with van der Waals surface area (Å²) in [6.45, 7) is 0. The van der Waals surface area contributed by atoms with Crippen molar-refractivity contribution in [2.75, 3.05) is 0 Å². The summed E-state index contributed by atoms with van der Waals surface area (Å²) in [5, 5.41) is 0.665. The number of aromatic nitrogens is 2. The topological polar surface area (TPSA) is 25.8 Å². The number of hydrogen-bond acceptors (Lipinski definition) is 2. The Balaban J connectivity index is 2.54. The van der Waals surface area contributed by atoms with Crippen molar-refractivity contribution < 1.29 is 0 Å². The predicted molar refractivity (Wildman–Crippen MR) is 75.6 cm³/mol. The Labute approximate surface area is 123 Å². The molecule has 16 heavy (non-hydrogen) atoms. The SMILES string of the molecule is Clc1ccc(-c2nc(Br)cc(Br)n2)cc1Br. The molecule has 0 unspecified atom stereocenters. The first-order valence-electron chi connectivity index (χ1n) is 4.22. The Morgan fingerprint density at radius 3 is 2.12 bits per heavy atom. The van der Waals surface area contributed by atoms with Crippen LogP contribution in [-0.2, 0) is 0 Å². The normalized spacial score (nSPS) is 10.5. The molecule has 2 nitrogen and oxygen atoms in total. The van der Waals surface area contributed by atoms with Gasteiger partial charge in [-0.1, -0.05) is 11.6 Å². The fourth-order valence-corrected chi connectivity index (χ4v) is 2.73. The number of rotatable bonds is 1. The van der Waals surface area contributed by atoms with Crippen molar-refractivity contribution in [2.45, 2.75) is 0 Å². The van der Waals surface area contributed by atoms with Crippen LogP contribution in [0.5, 0.6) is 0 Å². The van der Waals surface area contributed by atoms with E-state index in [4.69, 9.17) is 11.6 Å². The molecule has 0 aliphatic heterocycles. The van der Waals surface area contributed by atoms with Crippen LogP contribution in [0.4, 0.5) is 0 Å². The molecule has 0 spiro atoms. The van der Waals surface area contributed by atoms with Gasteiger partial charge in [0, 0.05) is 16.1 Å². The summed E-state index contributed by atoms with van der Waals surface area (Å²) in [6.07, 6.45) is 0. The molecule has 0 saturated heterocycles. The van der Waals surface area contributed by atoms with E-state index in [1.54, 1.807) is 12.1 Å². The van der Waals surface area contributed by atoms with Crippen LogP contribution in [0.15, 0.2) is 37.9 Å². The lowest BCUT2D eigenvalue weighted by atomic mass is 10.2. The van der Waals surface area contributed by atoms with Crippen LogP contribution in [0.25, 0.3) is 11.4 Å². The fourth-order valence-electron chi connectivity index (χ4n) is 1.15. The third kappa shape index (κ3) is 2.83. The first kappa shape index (κ1) is 12.5. The molecular formula is C10H4Br3ClN2. The Kier molecular flexibility index (Phi) is 4.00. The maximum absolute atomic E-state index is 5.92. The van der Waals surface area contributed by atoms with Crippen molar-refractivity contribution >= 4 is 59.4 Å². The van der Waals surface area contributed by atoms with Gasteiger partial charge in [0.2, 0.25) is 0 Å². The second-order valence-electron chi connectivity index (χ2n) is 2.97. The molecule has 1 aromatic carbocycles. The van der Waals surface area contributed by atoms with Crippen molar-refractivity contribution in [1.29, 1.82) is 0 Å². The summed E-state index contributed by atoms with van der Waals surface area (Å²) in [7, 11) is 0. The molecule has 1 heterocycles. The third-order valence-electron chi connectivity index (χ3n) is 1.84. The van der Waals surface area contributed by atoms with Gasteiger partial charge < -0.3 is 0 Å². The largest absolute Gasteiger partial charge is 0.221 e. The van der Waals surface area contributed by atoms with Crippen LogP contribution >= 0.6 is 59.4 Å². The highest BCUT2D eigenvalue weighted by molar-refractivity contribution is 9.11. The molecular weight excluding hydrogens is 423 g/mol. The highest BCUT2D eigenvalue weighted by Crippen LogP contribution is 2.28. The van der Waals surface area contributed by atoms with Gasteiger partial charge in [0.05, 0.1) is 5.02 Å². The number of benzene rings is 1.